The Hall–Kier alpha value is -3.38. The highest BCUT2D eigenvalue weighted by Crippen LogP contribution is 2.24. The fourth-order valence-electron chi connectivity index (χ4n) is 3.53. The lowest BCUT2D eigenvalue weighted by Gasteiger charge is -2.13. The van der Waals surface area contributed by atoms with Gasteiger partial charge in [-0.3, -0.25) is 4.79 Å². The molecule has 0 saturated heterocycles. The van der Waals surface area contributed by atoms with Crippen molar-refractivity contribution in [3.05, 3.63) is 95.0 Å². The van der Waals surface area contributed by atoms with Crippen LogP contribution in [0.25, 0.3) is 11.4 Å². The van der Waals surface area contributed by atoms with E-state index in [0.717, 1.165) is 29.1 Å². The van der Waals surface area contributed by atoms with E-state index in [1.54, 1.807) is 12.4 Å². The van der Waals surface area contributed by atoms with Gasteiger partial charge < -0.3 is 5.32 Å². The van der Waals surface area contributed by atoms with E-state index in [4.69, 9.17) is 11.6 Å². The van der Waals surface area contributed by atoms with Gasteiger partial charge in [0.25, 0.3) is 5.91 Å². The molecule has 2 aromatic carbocycles. The summed E-state index contributed by atoms with van der Waals surface area (Å²) in [7, 11) is 0. The normalized spacial score (nSPS) is 11.1. The first-order chi connectivity index (χ1) is 15.0. The van der Waals surface area contributed by atoms with Crippen molar-refractivity contribution in [2.75, 3.05) is 6.54 Å². The van der Waals surface area contributed by atoms with Crippen molar-refractivity contribution in [3.63, 3.8) is 0 Å². The Morgan fingerprint density at radius 1 is 1.03 bits per heavy atom. The topological polar surface area (TPSA) is 64.7 Å². The maximum atomic E-state index is 12.9. The van der Waals surface area contributed by atoms with Crippen LogP contribution in [0.1, 0.15) is 41.4 Å². The van der Waals surface area contributed by atoms with Crippen LogP contribution in [0, 0.1) is 0 Å². The largest absolute Gasteiger partial charge is 0.352 e. The fourth-order valence-corrected chi connectivity index (χ4v) is 3.65. The molecule has 0 bridgehead atoms. The number of nitrogens with zero attached hydrogens (tertiary/aromatic N) is 4. The van der Waals surface area contributed by atoms with Crippen LogP contribution in [0.4, 0.5) is 0 Å². The second kappa shape index (κ2) is 9.18. The summed E-state index contributed by atoms with van der Waals surface area (Å²) in [5, 5.41) is 12.4. The standard InChI is InChI=1S/C24H24ClN5O/c1-17(2)23-22(16-28-30(23)21-10-6-19(25)7-11-21)24(31)26-14-12-18-4-8-20(9-5-18)29-15-3-13-27-29/h3-11,13,15-17H,12,14H2,1-2H3,(H,26,31). The Morgan fingerprint density at radius 3 is 2.39 bits per heavy atom. The molecule has 0 aliphatic rings. The number of hydrogen-bond acceptors (Lipinski definition) is 3. The van der Waals surface area contributed by atoms with Crippen LogP contribution in [-0.4, -0.2) is 32.0 Å². The van der Waals surface area contributed by atoms with Gasteiger partial charge in [-0.1, -0.05) is 37.6 Å². The van der Waals surface area contributed by atoms with E-state index in [2.05, 4.69) is 41.5 Å². The molecule has 0 aliphatic heterocycles. The first kappa shape index (κ1) is 20.9. The lowest BCUT2D eigenvalue weighted by atomic mass is 10.0. The summed E-state index contributed by atoms with van der Waals surface area (Å²) in [4.78, 5) is 12.9. The summed E-state index contributed by atoms with van der Waals surface area (Å²) in [5.74, 6) is 0.0193. The van der Waals surface area contributed by atoms with E-state index in [1.165, 1.54) is 0 Å². The molecule has 0 spiro atoms. The van der Waals surface area contributed by atoms with E-state index < -0.39 is 0 Å². The second-order valence-electron chi connectivity index (χ2n) is 7.61. The van der Waals surface area contributed by atoms with Gasteiger partial charge in [-0.05, 0) is 60.4 Å². The molecule has 158 valence electrons. The molecule has 1 N–H and O–H groups in total. The number of carbonyl (C=O) groups is 1. The summed E-state index contributed by atoms with van der Waals surface area (Å²) in [6, 6.07) is 17.5. The molecule has 0 fully saturated rings. The van der Waals surface area contributed by atoms with Crippen LogP contribution < -0.4 is 5.32 Å². The second-order valence-corrected chi connectivity index (χ2v) is 8.05. The smallest absolute Gasteiger partial charge is 0.254 e. The molecule has 2 heterocycles. The highest BCUT2D eigenvalue weighted by atomic mass is 35.5. The first-order valence-electron chi connectivity index (χ1n) is 10.2. The highest BCUT2D eigenvalue weighted by Gasteiger charge is 2.20. The molecule has 4 aromatic rings. The van der Waals surface area contributed by atoms with E-state index in [-0.39, 0.29) is 11.8 Å². The molecule has 0 unspecified atom stereocenters. The number of halogens is 1. The zero-order chi connectivity index (χ0) is 21.8. The number of carbonyl (C=O) groups excluding carboxylic acids is 1. The lowest BCUT2D eigenvalue weighted by Crippen LogP contribution is -2.26. The van der Waals surface area contributed by atoms with Crippen molar-refractivity contribution in [1.82, 2.24) is 24.9 Å². The van der Waals surface area contributed by atoms with Gasteiger partial charge in [0, 0.05) is 24.0 Å². The Kier molecular flexibility index (Phi) is 6.18. The minimum atomic E-state index is -0.114. The van der Waals surface area contributed by atoms with Crippen LogP contribution in [0.15, 0.2) is 73.2 Å². The number of aromatic nitrogens is 4. The van der Waals surface area contributed by atoms with E-state index in [1.807, 2.05) is 58.0 Å². The van der Waals surface area contributed by atoms with E-state index in [9.17, 15) is 4.79 Å². The van der Waals surface area contributed by atoms with Gasteiger partial charge in [-0.25, -0.2) is 9.36 Å². The molecule has 1 amide bonds. The van der Waals surface area contributed by atoms with Crippen LogP contribution in [0.2, 0.25) is 5.02 Å². The maximum Gasteiger partial charge on any atom is 0.254 e. The number of benzene rings is 2. The average Bonchev–Trinajstić information content (AvgIpc) is 3.45. The van der Waals surface area contributed by atoms with Gasteiger partial charge in [-0.2, -0.15) is 10.2 Å². The minimum absolute atomic E-state index is 0.114. The third-order valence-electron chi connectivity index (χ3n) is 5.07. The summed E-state index contributed by atoms with van der Waals surface area (Å²) in [6.45, 7) is 4.66. The third kappa shape index (κ3) is 4.70. The Morgan fingerprint density at radius 2 is 1.74 bits per heavy atom. The van der Waals surface area contributed by atoms with Gasteiger partial charge in [0.2, 0.25) is 0 Å². The number of amides is 1. The summed E-state index contributed by atoms with van der Waals surface area (Å²) in [6.07, 6.45) is 6.04. The SMILES string of the molecule is CC(C)c1c(C(=O)NCCc2ccc(-n3cccn3)cc2)cnn1-c1ccc(Cl)cc1. The van der Waals surface area contributed by atoms with Gasteiger partial charge in [0.05, 0.1) is 28.8 Å². The summed E-state index contributed by atoms with van der Waals surface area (Å²) < 4.78 is 3.63. The van der Waals surface area contributed by atoms with Crippen molar-refractivity contribution in [3.8, 4) is 11.4 Å². The molecular formula is C24H24ClN5O. The number of hydrogen-bond donors (Lipinski definition) is 1. The zero-order valence-corrected chi connectivity index (χ0v) is 18.3. The van der Waals surface area contributed by atoms with Crippen molar-refractivity contribution in [1.29, 1.82) is 0 Å². The predicted molar refractivity (Wildman–Crippen MR) is 122 cm³/mol. The monoisotopic (exact) mass is 433 g/mol. The maximum absolute atomic E-state index is 12.9. The zero-order valence-electron chi connectivity index (χ0n) is 17.5. The highest BCUT2D eigenvalue weighted by molar-refractivity contribution is 6.30. The molecule has 0 aliphatic carbocycles. The third-order valence-corrected chi connectivity index (χ3v) is 5.33. The van der Waals surface area contributed by atoms with E-state index >= 15 is 0 Å². The van der Waals surface area contributed by atoms with Gasteiger partial charge in [0.1, 0.15) is 0 Å². The van der Waals surface area contributed by atoms with Crippen molar-refractivity contribution in [2.24, 2.45) is 0 Å². The molecule has 0 saturated carbocycles. The summed E-state index contributed by atoms with van der Waals surface area (Å²) in [5.41, 5.74) is 4.51. The molecule has 6 nitrogen and oxygen atoms in total. The summed E-state index contributed by atoms with van der Waals surface area (Å²) >= 11 is 6.00. The van der Waals surface area contributed by atoms with Gasteiger partial charge in [0.15, 0.2) is 0 Å². The van der Waals surface area contributed by atoms with Gasteiger partial charge >= 0.3 is 0 Å². The van der Waals surface area contributed by atoms with Crippen LogP contribution in [-0.2, 0) is 6.42 Å². The van der Waals surface area contributed by atoms with Crippen LogP contribution in [0.3, 0.4) is 0 Å². The number of nitrogens with one attached hydrogen (secondary N) is 1. The molecule has 7 heteroatoms. The van der Waals surface area contributed by atoms with Crippen molar-refractivity contribution >= 4 is 17.5 Å². The number of rotatable bonds is 7. The Labute approximate surface area is 186 Å². The predicted octanol–water partition coefficient (Wildman–Crippen LogP) is 4.81. The van der Waals surface area contributed by atoms with Crippen LogP contribution in [0.5, 0.6) is 0 Å². The molecule has 4 rings (SSSR count). The minimum Gasteiger partial charge on any atom is -0.352 e. The quantitative estimate of drug-likeness (QED) is 0.455. The van der Waals surface area contributed by atoms with Crippen LogP contribution >= 0.6 is 11.6 Å². The molecule has 0 radical (unpaired) electrons. The Bertz CT molecular complexity index is 1150. The Balaban J connectivity index is 1.42. The van der Waals surface area contributed by atoms with Crippen molar-refractivity contribution < 1.29 is 4.79 Å². The molecule has 31 heavy (non-hydrogen) atoms. The fraction of sp³-hybridized carbons (Fsp3) is 0.208. The molecule has 0 atom stereocenters. The lowest BCUT2D eigenvalue weighted by molar-refractivity contribution is 0.0952. The van der Waals surface area contributed by atoms with Gasteiger partial charge in [-0.15, -0.1) is 0 Å². The molecular weight excluding hydrogens is 410 g/mol. The van der Waals surface area contributed by atoms with E-state index in [0.29, 0.717) is 17.1 Å². The average molecular weight is 434 g/mol. The first-order valence-corrected chi connectivity index (χ1v) is 10.6. The van der Waals surface area contributed by atoms with Crippen molar-refractivity contribution in [2.45, 2.75) is 26.2 Å². The molecule has 2 aromatic heterocycles.